The van der Waals surface area contributed by atoms with Gasteiger partial charge in [-0.1, -0.05) is 20.3 Å². The highest BCUT2D eigenvalue weighted by Crippen LogP contribution is 2.18. The topological polar surface area (TPSA) is 64.4 Å². The molecule has 4 nitrogen and oxygen atoms in total. The van der Waals surface area contributed by atoms with Gasteiger partial charge in [0.1, 0.15) is 5.75 Å². The number of alkyl halides is 2. The number of halogens is 2. The van der Waals surface area contributed by atoms with Crippen molar-refractivity contribution >= 4 is 11.6 Å². The van der Waals surface area contributed by atoms with Gasteiger partial charge in [0, 0.05) is 5.69 Å². The minimum Gasteiger partial charge on any atom is -0.435 e. The monoisotopic (exact) mass is 272 g/mol. The van der Waals surface area contributed by atoms with Crippen molar-refractivity contribution in [2.75, 3.05) is 5.32 Å². The van der Waals surface area contributed by atoms with Crippen molar-refractivity contribution in [3.8, 4) is 5.75 Å². The number of nitrogens with two attached hydrogens (primary N) is 1. The van der Waals surface area contributed by atoms with E-state index in [1.54, 1.807) is 0 Å². The molecule has 1 aromatic carbocycles. The summed E-state index contributed by atoms with van der Waals surface area (Å²) >= 11 is 0. The second-order valence-electron chi connectivity index (χ2n) is 4.30. The number of amides is 1. The highest BCUT2D eigenvalue weighted by atomic mass is 19.3. The predicted molar refractivity (Wildman–Crippen MR) is 69.1 cm³/mol. The van der Waals surface area contributed by atoms with Crippen molar-refractivity contribution in [3.05, 3.63) is 24.3 Å². The van der Waals surface area contributed by atoms with Gasteiger partial charge < -0.3 is 15.8 Å². The Morgan fingerprint density at radius 3 is 2.42 bits per heavy atom. The zero-order chi connectivity index (χ0) is 14.4. The summed E-state index contributed by atoms with van der Waals surface area (Å²) in [6.07, 6.45) is 0.801. The van der Waals surface area contributed by atoms with Gasteiger partial charge in [-0.2, -0.15) is 8.78 Å². The number of carbonyl (C=O) groups is 1. The van der Waals surface area contributed by atoms with Crippen molar-refractivity contribution in [3.63, 3.8) is 0 Å². The Labute approximate surface area is 110 Å². The van der Waals surface area contributed by atoms with Gasteiger partial charge in [0.15, 0.2) is 0 Å². The first kappa shape index (κ1) is 15.4. The molecule has 1 rings (SSSR count). The van der Waals surface area contributed by atoms with Crippen LogP contribution < -0.4 is 15.8 Å². The molecule has 0 fully saturated rings. The molecule has 0 aliphatic heterocycles. The maximum absolute atomic E-state index is 12.0. The van der Waals surface area contributed by atoms with Gasteiger partial charge in [-0.05, 0) is 30.2 Å². The second-order valence-corrected chi connectivity index (χ2v) is 4.30. The lowest BCUT2D eigenvalue weighted by molar-refractivity contribution is -0.118. The summed E-state index contributed by atoms with van der Waals surface area (Å²) in [5.74, 6) is -0.183. The van der Waals surface area contributed by atoms with Gasteiger partial charge in [0.25, 0.3) is 0 Å². The molecule has 1 amide bonds. The fourth-order valence-corrected chi connectivity index (χ4v) is 1.46. The summed E-state index contributed by atoms with van der Waals surface area (Å²) in [5.41, 5.74) is 6.27. The zero-order valence-electron chi connectivity index (χ0n) is 10.9. The average Bonchev–Trinajstić information content (AvgIpc) is 2.38. The molecule has 0 saturated carbocycles. The Hall–Kier alpha value is -1.69. The van der Waals surface area contributed by atoms with E-state index >= 15 is 0 Å². The minimum atomic E-state index is -2.86. The van der Waals surface area contributed by atoms with Crippen molar-refractivity contribution in [2.24, 2.45) is 11.7 Å². The average molecular weight is 272 g/mol. The molecule has 0 aliphatic rings. The van der Waals surface area contributed by atoms with Gasteiger partial charge in [-0.15, -0.1) is 0 Å². The van der Waals surface area contributed by atoms with E-state index in [1.807, 2.05) is 13.8 Å². The third-order valence-corrected chi connectivity index (χ3v) is 2.91. The first-order valence-corrected chi connectivity index (χ1v) is 6.05. The van der Waals surface area contributed by atoms with Gasteiger partial charge in [0.2, 0.25) is 5.91 Å². The third-order valence-electron chi connectivity index (χ3n) is 2.91. The number of carbonyl (C=O) groups excluding carboxylic acids is 1. The van der Waals surface area contributed by atoms with Crippen LogP contribution >= 0.6 is 0 Å². The molecule has 0 heterocycles. The first-order valence-electron chi connectivity index (χ1n) is 6.05. The van der Waals surface area contributed by atoms with E-state index < -0.39 is 12.7 Å². The van der Waals surface area contributed by atoms with E-state index in [1.165, 1.54) is 24.3 Å². The van der Waals surface area contributed by atoms with E-state index in [2.05, 4.69) is 10.1 Å². The summed E-state index contributed by atoms with van der Waals surface area (Å²) in [4.78, 5) is 11.8. The number of ether oxygens (including phenoxy) is 1. The van der Waals surface area contributed by atoms with Crippen LogP contribution in [0.1, 0.15) is 20.3 Å². The Kier molecular flexibility index (Phi) is 5.69. The Morgan fingerprint density at radius 1 is 1.37 bits per heavy atom. The van der Waals surface area contributed by atoms with Crippen LogP contribution in [0, 0.1) is 5.92 Å². The lowest BCUT2D eigenvalue weighted by atomic mass is 9.99. The number of benzene rings is 1. The van der Waals surface area contributed by atoms with Gasteiger partial charge in [-0.3, -0.25) is 4.79 Å². The molecular weight excluding hydrogens is 254 g/mol. The van der Waals surface area contributed by atoms with Crippen molar-refractivity contribution < 1.29 is 18.3 Å². The molecule has 19 heavy (non-hydrogen) atoms. The van der Waals surface area contributed by atoms with Crippen molar-refractivity contribution in [2.45, 2.75) is 32.9 Å². The lowest BCUT2D eigenvalue weighted by Crippen LogP contribution is -2.40. The lowest BCUT2D eigenvalue weighted by Gasteiger charge is -2.17. The molecule has 0 saturated heterocycles. The van der Waals surface area contributed by atoms with Gasteiger partial charge in [0.05, 0.1) is 6.04 Å². The van der Waals surface area contributed by atoms with Gasteiger partial charge in [-0.25, -0.2) is 0 Å². The van der Waals surface area contributed by atoms with Crippen LogP contribution in [0.3, 0.4) is 0 Å². The molecule has 0 unspecified atom stereocenters. The Bertz CT molecular complexity index is 410. The summed E-state index contributed by atoms with van der Waals surface area (Å²) < 4.78 is 28.1. The first-order chi connectivity index (χ1) is 8.93. The smallest absolute Gasteiger partial charge is 0.387 e. The van der Waals surface area contributed by atoms with Crippen LogP contribution in [0.5, 0.6) is 5.75 Å². The Balaban J connectivity index is 2.60. The largest absolute Gasteiger partial charge is 0.435 e. The molecule has 6 heteroatoms. The summed E-state index contributed by atoms with van der Waals surface area (Å²) in [6, 6.07) is 5.09. The zero-order valence-corrected chi connectivity index (χ0v) is 10.9. The van der Waals surface area contributed by atoms with Crippen molar-refractivity contribution in [1.82, 2.24) is 0 Å². The fraction of sp³-hybridized carbons (Fsp3) is 0.462. The van der Waals surface area contributed by atoms with Crippen LogP contribution in [-0.4, -0.2) is 18.6 Å². The maximum atomic E-state index is 12.0. The van der Waals surface area contributed by atoms with Crippen molar-refractivity contribution in [1.29, 1.82) is 0 Å². The summed E-state index contributed by atoms with van der Waals surface area (Å²) in [5, 5.41) is 2.63. The quantitative estimate of drug-likeness (QED) is 0.836. The van der Waals surface area contributed by atoms with Crippen LogP contribution in [0.2, 0.25) is 0 Å². The number of hydrogen-bond acceptors (Lipinski definition) is 3. The molecule has 0 spiro atoms. The van der Waals surface area contributed by atoms with Crippen LogP contribution in [0.15, 0.2) is 24.3 Å². The molecule has 3 N–H and O–H groups in total. The predicted octanol–water partition coefficient (Wildman–Crippen LogP) is 2.60. The van der Waals surface area contributed by atoms with Crippen LogP contribution in [0.4, 0.5) is 14.5 Å². The third kappa shape index (κ3) is 4.82. The highest BCUT2D eigenvalue weighted by molar-refractivity contribution is 5.94. The van der Waals surface area contributed by atoms with E-state index in [9.17, 15) is 13.6 Å². The molecule has 0 bridgehead atoms. The van der Waals surface area contributed by atoms with E-state index in [4.69, 9.17) is 5.73 Å². The normalized spacial score (nSPS) is 14.0. The summed E-state index contributed by atoms with van der Waals surface area (Å²) in [7, 11) is 0. The molecule has 0 radical (unpaired) electrons. The van der Waals surface area contributed by atoms with Crippen LogP contribution in [0.25, 0.3) is 0 Å². The number of anilines is 1. The fourth-order valence-electron chi connectivity index (χ4n) is 1.46. The molecule has 0 aromatic heterocycles. The molecule has 2 atom stereocenters. The Morgan fingerprint density at radius 2 is 1.95 bits per heavy atom. The van der Waals surface area contributed by atoms with E-state index in [0.29, 0.717) is 5.69 Å². The number of nitrogens with one attached hydrogen (secondary N) is 1. The second kappa shape index (κ2) is 7.04. The molecule has 0 aliphatic carbocycles. The van der Waals surface area contributed by atoms with Crippen LogP contribution in [-0.2, 0) is 4.79 Å². The number of rotatable bonds is 6. The molecule has 1 aromatic rings. The standard InChI is InChI=1S/C13H18F2N2O2/c1-3-8(2)11(16)12(18)17-9-4-6-10(7-5-9)19-13(14)15/h4-8,11,13H,3,16H2,1-2H3,(H,17,18)/t8-,11-/m0/s1. The molecule has 106 valence electrons. The maximum Gasteiger partial charge on any atom is 0.387 e. The van der Waals surface area contributed by atoms with E-state index in [0.717, 1.165) is 6.42 Å². The number of hydrogen-bond donors (Lipinski definition) is 2. The summed E-state index contributed by atoms with van der Waals surface area (Å²) in [6.45, 7) is 0.984. The molecular formula is C13H18F2N2O2. The minimum absolute atomic E-state index is 0.0409. The highest BCUT2D eigenvalue weighted by Gasteiger charge is 2.19. The van der Waals surface area contributed by atoms with E-state index in [-0.39, 0.29) is 17.6 Å². The SMILES string of the molecule is CC[C@H](C)[C@H](N)C(=O)Nc1ccc(OC(F)F)cc1. The van der Waals surface area contributed by atoms with Gasteiger partial charge >= 0.3 is 6.61 Å².